The highest BCUT2D eigenvalue weighted by Crippen LogP contribution is 2.34. The molecule has 1 aromatic heterocycles. The van der Waals surface area contributed by atoms with Crippen LogP contribution in [0.4, 0.5) is 18.0 Å². The SMILES string of the molecule is CC(C)CN1C(=O)N[C@](NC(=O)c2ccco2)(C(F)(F)F)C1=O. The van der Waals surface area contributed by atoms with Gasteiger partial charge in [-0.1, -0.05) is 13.8 Å². The van der Waals surface area contributed by atoms with E-state index in [1.807, 2.05) is 0 Å². The zero-order valence-electron chi connectivity index (χ0n) is 12.2. The van der Waals surface area contributed by atoms with E-state index < -0.39 is 35.4 Å². The van der Waals surface area contributed by atoms with E-state index in [4.69, 9.17) is 4.42 Å². The minimum Gasteiger partial charge on any atom is -0.459 e. The first kappa shape index (κ1) is 16.8. The molecule has 4 amide bonds. The van der Waals surface area contributed by atoms with Crippen molar-refractivity contribution in [3.63, 3.8) is 0 Å². The Bertz CT molecular complexity index is 627. The van der Waals surface area contributed by atoms with Gasteiger partial charge in [-0.3, -0.25) is 19.8 Å². The number of halogens is 3. The predicted molar refractivity (Wildman–Crippen MR) is 70.0 cm³/mol. The number of carbonyl (C=O) groups is 3. The maximum absolute atomic E-state index is 13.4. The second-order valence-corrected chi connectivity index (χ2v) is 5.42. The monoisotopic (exact) mass is 333 g/mol. The van der Waals surface area contributed by atoms with Gasteiger partial charge < -0.3 is 9.73 Å². The summed E-state index contributed by atoms with van der Waals surface area (Å²) in [5.41, 5.74) is -3.51. The Kier molecular flexibility index (Phi) is 4.10. The quantitative estimate of drug-likeness (QED) is 0.817. The lowest BCUT2D eigenvalue weighted by Gasteiger charge is -2.29. The Morgan fingerprint density at radius 1 is 1.43 bits per heavy atom. The summed E-state index contributed by atoms with van der Waals surface area (Å²) in [5.74, 6) is -3.51. The van der Waals surface area contributed by atoms with E-state index in [0.717, 1.165) is 12.3 Å². The number of furan rings is 1. The normalized spacial score (nSPS) is 21.7. The van der Waals surface area contributed by atoms with Crippen molar-refractivity contribution in [2.45, 2.75) is 25.7 Å². The van der Waals surface area contributed by atoms with E-state index in [0.29, 0.717) is 4.90 Å². The maximum Gasteiger partial charge on any atom is 0.440 e. The molecule has 0 radical (unpaired) electrons. The Hall–Kier alpha value is -2.52. The summed E-state index contributed by atoms with van der Waals surface area (Å²) < 4.78 is 45.0. The number of nitrogens with zero attached hydrogens (tertiary/aromatic N) is 1. The minimum absolute atomic E-state index is 0.209. The third-order valence-electron chi connectivity index (χ3n) is 3.12. The number of carbonyl (C=O) groups excluding carboxylic acids is 3. The van der Waals surface area contributed by atoms with Gasteiger partial charge in [0.15, 0.2) is 5.76 Å². The van der Waals surface area contributed by atoms with Gasteiger partial charge in [0.2, 0.25) is 0 Å². The fourth-order valence-corrected chi connectivity index (χ4v) is 2.09. The first-order chi connectivity index (χ1) is 10.6. The second kappa shape index (κ2) is 5.60. The summed E-state index contributed by atoms with van der Waals surface area (Å²) in [7, 11) is 0. The zero-order chi connectivity index (χ0) is 17.4. The van der Waals surface area contributed by atoms with Crippen LogP contribution in [0.1, 0.15) is 24.4 Å². The molecule has 0 unspecified atom stereocenters. The van der Waals surface area contributed by atoms with Crippen LogP contribution >= 0.6 is 0 Å². The van der Waals surface area contributed by atoms with E-state index in [-0.39, 0.29) is 12.5 Å². The van der Waals surface area contributed by atoms with E-state index in [9.17, 15) is 27.6 Å². The van der Waals surface area contributed by atoms with Gasteiger partial charge in [0, 0.05) is 6.54 Å². The number of hydrogen-bond donors (Lipinski definition) is 2. The molecule has 1 atom stereocenters. The third kappa shape index (κ3) is 2.88. The van der Waals surface area contributed by atoms with Gasteiger partial charge in [-0.15, -0.1) is 0 Å². The molecule has 0 aromatic carbocycles. The second-order valence-electron chi connectivity index (χ2n) is 5.42. The molecule has 2 heterocycles. The molecule has 10 heteroatoms. The first-order valence-corrected chi connectivity index (χ1v) is 6.65. The van der Waals surface area contributed by atoms with Crippen molar-refractivity contribution in [2.75, 3.05) is 6.54 Å². The van der Waals surface area contributed by atoms with Crippen molar-refractivity contribution in [1.82, 2.24) is 15.5 Å². The van der Waals surface area contributed by atoms with Gasteiger partial charge in [0.25, 0.3) is 17.5 Å². The molecule has 2 N–H and O–H groups in total. The fourth-order valence-electron chi connectivity index (χ4n) is 2.09. The number of rotatable bonds is 4. The van der Waals surface area contributed by atoms with Gasteiger partial charge in [0.05, 0.1) is 6.26 Å². The molecule has 0 aliphatic carbocycles. The Balaban J connectivity index is 2.36. The molecular formula is C13H14F3N3O4. The van der Waals surface area contributed by atoms with Crippen LogP contribution in [0.5, 0.6) is 0 Å². The average molecular weight is 333 g/mol. The summed E-state index contributed by atoms with van der Waals surface area (Å²) in [6, 6.07) is 1.21. The van der Waals surface area contributed by atoms with Crippen LogP contribution < -0.4 is 10.6 Å². The van der Waals surface area contributed by atoms with Gasteiger partial charge in [-0.05, 0) is 18.1 Å². The molecule has 2 rings (SSSR count). The summed E-state index contributed by atoms with van der Waals surface area (Å²) in [6.45, 7) is 3.06. The highest BCUT2D eigenvalue weighted by atomic mass is 19.4. The lowest BCUT2D eigenvalue weighted by molar-refractivity contribution is -0.200. The largest absolute Gasteiger partial charge is 0.459 e. The van der Waals surface area contributed by atoms with Crippen molar-refractivity contribution in [1.29, 1.82) is 0 Å². The topological polar surface area (TPSA) is 91.7 Å². The van der Waals surface area contributed by atoms with Crippen molar-refractivity contribution in [3.8, 4) is 0 Å². The number of nitrogens with one attached hydrogen (secondary N) is 2. The smallest absolute Gasteiger partial charge is 0.440 e. The Labute approximate surface area is 128 Å². The van der Waals surface area contributed by atoms with Crippen LogP contribution in [0.2, 0.25) is 0 Å². The average Bonchev–Trinajstić information content (AvgIpc) is 3.01. The molecule has 1 saturated heterocycles. The fraction of sp³-hybridized carbons (Fsp3) is 0.462. The lowest BCUT2D eigenvalue weighted by atomic mass is 10.1. The number of imide groups is 1. The van der Waals surface area contributed by atoms with Crippen molar-refractivity contribution in [2.24, 2.45) is 5.92 Å². The molecule has 1 aromatic rings. The molecular weight excluding hydrogens is 319 g/mol. The van der Waals surface area contributed by atoms with Gasteiger partial charge in [-0.25, -0.2) is 4.79 Å². The van der Waals surface area contributed by atoms with Crippen LogP contribution in [0.25, 0.3) is 0 Å². The maximum atomic E-state index is 13.4. The molecule has 7 nitrogen and oxygen atoms in total. The molecule has 1 fully saturated rings. The van der Waals surface area contributed by atoms with Crippen molar-refractivity contribution in [3.05, 3.63) is 24.2 Å². The van der Waals surface area contributed by atoms with Crippen LogP contribution in [0.3, 0.4) is 0 Å². The van der Waals surface area contributed by atoms with Crippen LogP contribution in [0.15, 0.2) is 22.8 Å². The van der Waals surface area contributed by atoms with Crippen LogP contribution in [-0.2, 0) is 4.79 Å². The minimum atomic E-state index is -5.23. The molecule has 0 bridgehead atoms. The molecule has 126 valence electrons. The summed E-state index contributed by atoms with van der Waals surface area (Å²) in [6.07, 6.45) is -4.14. The third-order valence-corrected chi connectivity index (χ3v) is 3.12. The highest BCUT2D eigenvalue weighted by molar-refractivity contribution is 6.10. The number of alkyl halides is 3. The van der Waals surface area contributed by atoms with Gasteiger partial charge in [-0.2, -0.15) is 13.2 Å². The molecule has 1 aliphatic rings. The van der Waals surface area contributed by atoms with E-state index in [1.54, 1.807) is 19.2 Å². The Morgan fingerprint density at radius 3 is 2.57 bits per heavy atom. The summed E-state index contributed by atoms with van der Waals surface area (Å²) in [5, 5.41) is 3.08. The van der Waals surface area contributed by atoms with E-state index in [2.05, 4.69) is 0 Å². The van der Waals surface area contributed by atoms with Crippen LogP contribution in [-0.4, -0.2) is 41.1 Å². The summed E-state index contributed by atoms with van der Waals surface area (Å²) >= 11 is 0. The van der Waals surface area contributed by atoms with Gasteiger partial charge in [0.1, 0.15) is 0 Å². The summed E-state index contributed by atoms with van der Waals surface area (Å²) in [4.78, 5) is 36.3. The number of urea groups is 1. The Morgan fingerprint density at radius 2 is 2.09 bits per heavy atom. The van der Waals surface area contributed by atoms with Crippen molar-refractivity contribution < 1.29 is 32.0 Å². The number of amides is 4. The molecule has 0 saturated carbocycles. The number of hydrogen-bond acceptors (Lipinski definition) is 4. The lowest BCUT2D eigenvalue weighted by Crippen LogP contribution is -2.69. The van der Waals surface area contributed by atoms with Gasteiger partial charge >= 0.3 is 12.2 Å². The first-order valence-electron chi connectivity index (χ1n) is 6.65. The van der Waals surface area contributed by atoms with Crippen LogP contribution in [0, 0.1) is 5.92 Å². The molecule has 0 spiro atoms. The predicted octanol–water partition coefficient (Wildman–Crippen LogP) is 1.48. The highest BCUT2D eigenvalue weighted by Gasteiger charge is 2.68. The standard InChI is InChI=1S/C13H14F3N3O4/c1-7(2)6-19-10(21)12(13(14,15)16,18-11(19)22)17-9(20)8-4-3-5-23-8/h3-5,7H,6H2,1-2H3,(H,17,20)(H,18,22)/t12-/m0/s1. The van der Waals surface area contributed by atoms with E-state index >= 15 is 0 Å². The molecule has 1 aliphatic heterocycles. The zero-order valence-corrected chi connectivity index (χ0v) is 12.2. The molecule has 23 heavy (non-hydrogen) atoms. The van der Waals surface area contributed by atoms with Crippen molar-refractivity contribution >= 4 is 17.8 Å². The van der Waals surface area contributed by atoms with E-state index in [1.165, 1.54) is 11.4 Å².